The molecule has 1 N–H and O–H groups in total. The summed E-state index contributed by atoms with van der Waals surface area (Å²) >= 11 is 5.62. The average molecular weight is 283 g/mol. The van der Waals surface area contributed by atoms with Crippen molar-refractivity contribution in [1.82, 2.24) is 10.3 Å². The molecule has 1 aromatic heterocycles. The van der Waals surface area contributed by atoms with Crippen LogP contribution in [0.2, 0.25) is 5.15 Å². The fraction of sp³-hybridized carbons (Fsp3) is 0.364. The second kappa shape index (κ2) is 6.11. The topological polar surface area (TPSA) is 109 Å². The van der Waals surface area contributed by atoms with Crippen molar-refractivity contribution in [2.75, 3.05) is 0 Å². The van der Waals surface area contributed by atoms with Gasteiger partial charge in [0.05, 0.1) is 11.0 Å². The minimum atomic E-state index is -0.737. The number of nitro groups is 1. The van der Waals surface area contributed by atoms with E-state index in [9.17, 15) is 14.9 Å². The molecule has 100 valence electrons. The van der Waals surface area contributed by atoms with Crippen molar-refractivity contribution in [2.24, 2.45) is 5.92 Å². The minimum absolute atomic E-state index is 0.0335. The molecular formula is C11H11ClN4O3. The molecule has 0 saturated heterocycles. The molecule has 0 aliphatic heterocycles. The fourth-order valence-electron chi connectivity index (χ4n) is 1.32. The van der Waals surface area contributed by atoms with Crippen LogP contribution in [-0.2, 0) is 0 Å². The Labute approximate surface area is 114 Å². The van der Waals surface area contributed by atoms with E-state index in [4.69, 9.17) is 16.9 Å². The van der Waals surface area contributed by atoms with Gasteiger partial charge in [0.1, 0.15) is 23.0 Å². The molecule has 0 saturated carbocycles. The zero-order valence-electron chi connectivity index (χ0n) is 10.3. The number of aromatic nitrogens is 1. The van der Waals surface area contributed by atoms with Crippen LogP contribution in [0.1, 0.15) is 24.2 Å². The molecule has 0 aliphatic rings. The van der Waals surface area contributed by atoms with Crippen LogP contribution in [-0.4, -0.2) is 21.9 Å². The van der Waals surface area contributed by atoms with E-state index in [2.05, 4.69) is 10.3 Å². The molecule has 0 aromatic carbocycles. The first-order chi connectivity index (χ1) is 8.86. The lowest BCUT2D eigenvalue weighted by molar-refractivity contribution is -0.385. The summed E-state index contributed by atoms with van der Waals surface area (Å²) in [5.41, 5.74) is -0.673. The summed E-state index contributed by atoms with van der Waals surface area (Å²) in [5.74, 6) is -0.846. The number of hydrogen-bond acceptors (Lipinski definition) is 5. The molecular weight excluding hydrogens is 272 g/mol. The van der Waals surface area contributed by atoms with Gasteiger partial charge in [0.15, 0.2) is 0 Å². The van der Waals surface area contributed by atoms with Crippen molar-refractivity contribution >= 4 is 23.2 Å². The van der Waals surface area contributed by atoms with Crippen molar-refractivity contribution in [2.45, 2.75) is 19.9 Å². The van der Waals surface area contributed by atoms with Crippen LogP contribution in [0.3, 0.4) is 0 Å². The van der Waals surface area contributed by atoms with Crippen molar-refractivity contribution in [1.29, 1.82) is 5.26 Å². The van der Waals surface area contributed by atoms with Crippen LogP contribution in [0.25, 0.3) is 0 Å². The Kier molecular flexibility index (Phi) is 4.78. The fourth-order valence-corrected chi connectivity index (χ4v) is 1.47. The monoisotopic (exact) mass is 282 g/mol. The molecule has 19 heavy (non-hydrogen) atoms. The van der Waals surface area contributed by atoms with E-state index >= 15 is 0 Å². The number of rotatable bonds is 4. The summed E-state index contributed by atoms with van der Waals surface area (Å²) in [5, 5.41) is 22.1. The summed E-state index contributed by atoms with van der Waals surface area (Å²) in [6.45, 7) is 3.50. The summed E-state index contributed by atoms with van der Waals surface area (Å²) < 4.78 is 0. The van der Waals surface area contributed by atoms with E-state index in [0.29, 0.717) is 0 Å². The molecule has 0 bridgehead atoms. The second-order valence-electron chi connectivity index (χ2n) is 4.11. The third-order valence-electron chi connectivity index (χ3n) is 2.38. The molecule has 1 atom stereocenters. The highest BCUT2D eigenvalue weighted by Crippen LogP contribution is 2.20. The zero-order chi connectivity index (χ0) is 14.6. The number of hydrogen-bond donors (Lipinski definition) is 1. The first-order valence-electron chi connectivity index (χ1n) is 5.37. The Morgan fingerprint density at radius 2 is 2.26 bits per heavy atom. The summed E-state index contributed by atoms with van der Waals surface area (Å²) in [4.78, 5) is 25.6. The number of pyridine rings is 1. The van der Waals surface area contributed by atoms with Gasteiger partial charge in [0.25, 0.3) is 11.6 Å². The smallest absolute Gasteiger partial charge is 0.300 e. The molecule has 1 heterocycles. The van der Waals surface area contributed by atoms with Crippen molar-refractivity contribution in [3.63, 3.8) is 0 Å². The highest BCUT2D eigenvalue weighted by Gasteiger charge is 2.24. The standard InChI is InChI=1S/C11H11ClN4O3/c1-6(2)8(4-13)15-11(17)7-3-10(12)14-5-9(7)16(18)19/h3,5-6,8H,1-2H3,(H,15,17). The van der Waals surface area contributed by atoms with Gasteiger partial charge in [-0.25, -0.2) is 4.98 Å². The van der Waals surface area contributed by atoms with Crippen LogP contribution in [0.4, 0.5) is 5.69 Å². The Balaban J connectivity index is 3.09. The molecule has 7 nitrogen and oxygen atoms in total. The quantitative estimate of drug-likeness (QED) is 0.515. The summed E-state index contributed by atoms with van der Waals surface area (Å²) in [6.07, 6.45) is 0.911. The van der Waals surface area contributed by atoms with E-state index in [1.807, 2.05) is 6.07 Å². The third-order valence-corrected chi connectivity index (χ3v) is 2.59. The number of nitriles is 1. The summed E-state index contributed by atoms with van der Waals surface area (Å²) in [7, 11) is 0. The van der Waals surface area contributed by atoms with E-state index in [1.165, 1.54) is 0 Å². The van der Waals surface area contributed by atoms with Crippen LogP contribution < -0.4 is 5.32 Å². The predicted molar refractivity (Wildman–Crippen MR) is 67.6 cm³/mol. The number of halogens is 1. The molecule has 1 unspecified atom stereocenters. The first-order valence-corrected chi connectivity index (χ1v) is 5.75. The van der Waals surface area contributed by atoms with E-state index in [0.717, 1.165) is 12.3 Å². The van der Waals surface area contributed by atoms with E-state index < -0.39 is 22.6 Å². The van der Waals surface area contributed by atoms with Gasteiger partial charge in [-0.1, -0.05) is 25.4 Å². The highest BCUT2D eigenvalue weighted by molar-refractivity contribution is 6.29. The van der Waals surface area contributed by atoms with Gasteiger partial charge in [-0.2, -0.15) is 5.26 Å². The van der Waals surface area contributed by atoms with Gasteiger partial charge in [-0.15, -0.1) is 0 Å². The van der Waals surface area contributed by atoms with Gasteiger partial charge in [0, 0.05) is 0 Å². The number of amides is 1. The van der Waals surface area contributed by atoms with Crippen LogP contribution in [0.15, 0.2) is 12.3 Å². The zero-order valence-corrected chi connectivity index (χ0v) is 11.0. The lowest BCUT2D eigenvalue weighted by Gasteiger charge is -2.14. The summed E-state index contributed by atoms with van der Waals surface area (Å²) in [6, 6.07) is 2.28. The molecule has 8 heteroatoms. The van der Waals surface area contributed by atoms with Crippen LogP contribution >= 0.6 is 11.6 Å². The lowest BCUT2D eigenvalue weighted by Crippen LogP contribution is -2.37. The second-order valence-corrected chi connectivity index (χ2v) is 4.49. The first kappa shape index (κ1) is 14.9. The highest BCUT2D eigenvalue weighted by atomic mass is 35.5. The van der Waals surface area contributed by atoms with Crippen molar-refractivity contribution in [3.8, 4) is 6.07 Å². The Morgan fingerprint density at radius 3 is 2.74 bits per heavy atom. The Morgan fingerprint density at radius 1 is 1.63 bits per heavy atom. The van der Waals surface area contributed by atoms with E-state index in [1.54, 1.807) is 13.8 Å². The van der Waals surface area contributed by atoms with Gasteiger partial charge < -0.3 is 5.32 Å². The third kappa shape index (κ3) is 3.63. The number of carbonyl (C=O) groups is 1. The lowest BCUT2D eigenvalue weighted by atomic mass is 10.1. The normalized spacial score (nSPS) is 11.7. The molecule has 1 amide bonds. The molecule has 0 spiro atoms. The number of nitrogens with zero attached hydrogens (tertiary/aromatic N) is 3. The van der Waals surface area contributed by atoms with E-state index in [-0.39, 0.29) is 16.6 Å². The van der Waals surface area contributed by atoms with Crippen LogP contribution in [0, 0.1) is 27.4 Å². The largest absolute Gasteiger partial charge is 0.336 e. The SMILES string of the molecule is CC(C)C(C#N)NC(=O)c1cc(Cl)ncc1[N+](=O)[O-]. The van der Waals surface area contributed by atoms with Crippen molar-refractivity contribution in [3.05, 3.63) is 33.1 Å². The van der Waals surface area contributed by atoms with Crippen molar-refractivity contribution < 1.29 is 9.72 Å². The molecule has 0 aliphatic carbocycles. The molecule has 1 aromatic rings. The van der Waals surface area contributed by atoms with Gasteiger partial charge in [0.2, 0.25) is 0 Å². The molecule has 0 radical (unpaired) electrons. The predicted octanol–water partition coefficient (Wildman–Crippen LogP) is 1.92. The average Bonchev–Trinajstić information content (AvgIpc) is 2.34. The maximum Gasteiger partial charge on any atom is 0.300 e. The van der Waals surface area contributed by atoms with Gasteiger partial charge >= 0.3 is 0 Å². The maximum atomic E-state index is 11.9. The molecule has 0 fully saturated rings. The van der Waals surface area contributed by atoms with Crippen LogP contribution in [0.5, 0.6) is 0 Å². The maximum absolute atomic E-state index is 11.9. The number of nitrogens with one attached hydrogen (secondary N) is 1. The molecule has 1 rings (SSSR count). The minimum Gasteiger partial charge on any atom is -0.336 e. The Bertz CT molecular complexity index is 553. The van der Waals surface area contributed by atoms with Gasteiger partial charge in [-0.3, -0.25) is 14.9 Å². The van der Waals surface area contributed by atoms with Gasteiger partial charge in [-0.05, 0) is 12.0 Å². The Hall–Kier alpha value is -2.20. The number of carbonyl (C=O) groups excluding carboxylic acids is 1.